The molecule has 3 heterocycles. The fraction of sp³-hybridized carbons (Fsp3) is 0. The van der Waals surface area contributed by atoms with E-state index in [0.717, 1.165) is 54.7 Å². The average molecular weight is 630 g/mol. The molecule has 0 aliphatic carbocycles. The topological polar surface area (TPSA) is 43.6 Å². The number of nitrogens with zero attached hydrogens (tertiary/aromatic N) is 4. The zero-order valence-corrected chi connectivity index (χ0v) is 25.2. The van der Waals surface area contributed by atoms with Gasteiger partial charge in [-0.25, -0.2) is 9.97 Å². The second-order valence-electron chi connectivity index (χ2n) is 10.7. The third-order valence-electron chi connectivity index (χ3n) is 7.96. The fourth-order valence-corrected chi connectivity index (χ4v) is 6.35. The highest BCUT2D eigenvalue weighted by Gasteiger charge is 2.16. The molecule has 0 atom stereocenters. The van der Waals surface area contributed by atoms with Crippen LogP contribution >= 0.6 is 15.9 Å². The molecule has 0 bridgehead atoms. The smallest absolute Gasteiger partial charge is 0.160 e. The van der Waals surface area contributed by atoms with Crippen molar-refractivity contribution >= 4 is 37.7 Å². The van der Waals surface area contributed by atoms with Gasteiger partial charge in [0.1, 0.15) is 0 Å². The van der Waals surface area contributed by atoms with Crippen molar-refractivity contribution in [1.29, 1.82) is 0 Å². The summed E-state index contributed by atoms with van der Waals surface area (Å²) in [5.74, 6) is 0.690. The van der Waals surface area contributed by atoms with Crippen molar-refractivity contribution < 1.29 is 0 Å². The maximum absolute atomic E-state index is 5.10. The van der Waals surface area contributed by atoms with Gasteiger partial charge >= 0.3 is 0 Å². The van der Waals surface area contributed by atoms with E-state index in [1.54, 1.807) is 0 Å². The molecule has 5 heteroatoms. The van der Waals surface area contributed by atoms with Gasteiger partial charge in [-0.2, -0.15) is 0 Å². The van der Waals surface area contributed by atoms with Crippen LogP contribution in [0, 0.1) is 0 Å². The molecule has 0 unspecified atom stereocenters. The highest BCUT2D eigenvalue weighted by atomic mass is 79.9. The average Bonchev–Trinajstić information content (AvgIpc) is 3.43. The van der Waals surface area contributed by atoms with E-state index in [1.807, 2.05) is 36.7 Å². The lowest BCUT2D eigenvalue weighted by Gasteiger charge is -2.13. The van der Waals surface area contributed by atoms with Gasteiger partial charge in [0.05, 0.1) is 22.4 Å². The molecule has 0 amide bonds. The molecule has 0 aliphatic heterocycles. The minimum Gasteiger partial charge on any atom is -0.309 e. The highest BCUT2D eigenvalue weighted by molar-refractivity contribution is 9.10. The molecule has 44 heavy (non-hydrogen) atoms. The molecule has 0 N–H and O–H groups in total. The van der Waals surface area contributed by atoms with E-state index in [9.17, 15) is 0 Å². The van der Waals surface area contributed by atoms with E-state index in [1.165, 1.54) is 16.5 Å². The minimum atomic E-state index is 0.690. The number of benzene rings is 5. The Bertz CT molecular complexity index is 2220. The molecule has 8 rings (SSSR count). The van der Waals surface area contributed by atoms with Crippen molar-refractivity contribution in [3.63, 3.8) is 0 Å². The van der Waals surface area contributed by atoms with Crippen LogP contribution < -0.4 is 0 Å². The highest BCUT2D eigenvalue weighted by Crippen LogP contribution is 2.35. The van der Waals surface area contributed by atoms with Gasteiger partial charge in [0, 0.05) is 50.0 Å². The maximum Gasteiger partial charge on any atom is 0.160 e. The predicted octanol–water partition coefficient (Wildman–Crippen LogP) is 10.4. The van der Waals surface area contributed by atoms with Gasteiger partial charge in [-0.15, -0.1) is 0 Å². The number of para-hydroxylation sites is 1. The van der Waals surface area contributed by atoms with Crippen molar-refractivity contribution in [3.8, 4) is 50.7 Å². The molecule has 5 aromatic carbocycles. The van der Waals surface area contributed by atoms with E-state index >= 15 is 0 Å². The van der Waals surface area contributed by atoms with E-state index in [4.69, 9.17) is 9.97 Å². The molecule has 208 valence electrons. The third-order valence-corrected chi connectivity index (χ3v) is 8.41. The summed E-state index contributed by atoms with van der Waals surface area (Å²) in [5.41, 5.74) is 10.4. The Morgan fingerprint density at radius 3 is 1.86 bits per heavy atom. The molecule has 0 saturated carbocycles. The molecule has 0 fully saturated rings. The largest absolute Gasteiger partial charge is 0.309 e. The first-order valence-electron chi connectivity index (χ1n) is 14.5. The number of aromatic nitrogens is 4. The first kappa shape index (κ1) is 26.3. The van der Waals surface area contributed by atoms with Crippen LogP contribution in [0.4, 0.5) is 0 Å². The van der Waals surface area contributed by atoms with Crippen LogP contribution in [0.3, 0.4) is 0 Å². The van der Waals surface area contributed by atoms with Crippen molar-refractivity contribution in [3.05, 3.63) is 156 Å². The second-order valence-corrected chi connectivity index (χ2v) is 11.6. The van der Waals surface area contributed by atoms with Crippen LogP contribution in [0.25, 0.3) is 72.5 Å². The SMILES string of the molecule is Brc1cc(-c2cc(-c3ccc(-c4ccccc4)cc3)nc(-c3ccccc3)n2)cc(-n2c3ccccc3c3cnccc32)c1. The number of halogens is 1. The first-order valence-corrected chi connectivity index (χ1v) is 15.3. The van der Waals surface area contributed by atoms with E-state index < -0.39 is 0 Å². The van der Waals surface area contributed by atoms with Gasteiger partial charge in [-0.3, -0.25) is 4.98 Å². The lowest BCUT2D eigenvalue weighted by molar-refractivity contribution is 1.16. The summed E-state index contributed by atoms with van der Waals surface area (Å²) in [6.07, 6.45) is 3.79. The van der Waals surface area contributed by atoms with Gasteiger partial charge in [0.2, 0.25) is 0 Å². The van der Waals surface area contributed by atoms with Gasteiger partial charge in [0.15, 0.2) is 5.82 Å². The third kappa shape index (κ3) is 4.77. The summed E-state index contributed by atoms with van der Waals surface area (Å²) in [7, 11) is 0. The van der Waals surface area contributed by atoms with Gasteiger partial charge in [-0.05, 0) is 47.5 Å². The summed E-state index contributed by atoms with van der Waals surface area (Å²) in [5, 5.41) is 2.30. The number of fused-ring (bicyclic) bond motifs is 3. The van der Waals surface area contributed by atoms with Gasteiger partial charge in [0.25, 0.3) is 0 Å². The molecule has 4 nitrogen and oxygen atoms in total. The first-order chi connectivity index (χ1) is 21.7. The summed E-state index contributed by atoms with van der Waals surface area (Å²) >= 11 is 3.81. The lowest BCUT2D eigenvalue weighted by Crippen LogP contribution is -1.98. The number of hydrogen-bond donors (Lipinski definition) is 0. The van der Waals surface area contributed by atoms with E-state index in [-0.39, 0.29) is 0 Å². The fourth-order valence-electron chi connectivity index (χ4n) is 5.87. The molecule has 0 radical (unpaired) electrons. The Kier molecular flexibility index (Phi) is 6.58. The molecule has 3 aromatic heterocycles. The Hall–Kier alpha value is -5.39. The molecule has 8 aromatic rings. The summed E-state index contributed by atoms with van der Waals surface area (Å²) < 4.78 is 3.27. The monoisotopic (exact) mass is 628 g/mol. The summed E-state index contributed by atoms with van der Waals surface area (Å²) in [6, 6.07) is 48.3. The quantitative estimate of drug-likeness (QED) is 0.190. The van der Waals surface area contributed by atoms with Crippen LogP contribution in [0.2, 0.25) is 0 Å². The Morgan fingerprint density at radius 1 is 0.477 bits per heavy atom. The molecule has 0 aliphatic rings. The number of hydrogen-bond acceptors (Lipinski definition) is 3. The summed E-state index contributed by atoms with van der Waals surface area (Å²) in [4.78, 5) is 14.6. The Balaban J connectivity index is 1.30. The van der Waals surface area contributed by atoms with Crippen LogP contribution in [0.15, 0.2) is 156 Å². The maximum atomic E-state index is 5.10. The van der Waals surface area contributed by atoms with Crippen molar-refractivity contribution in [2.75, 3.05) is 0 Å². The van der Waals surface area contributed by atoms with Crippen LogP contribution in [0.1, 0.15) is 0 Å². The van der Waals surface area contributed by atoms with Crippen molar-refractivity contribution in [2.45, 2.75) is 0 Å². The van der Waals surface area contributed by atoms with E-state index in [0.29, 0.717) is 5.82 Å². The molecular formula is C39H25BrN4. The van der Waals surface area contributed by atoms with Crippen molar-refractivity contribution in [2.24, 2.45) is 0 Å². The second kappa shape index (κ2) is 11.0. The van der Waals surface area contributed by atoms with Crippen LogP contribution in [-0.2, 0) is 0 Å². The lowest BCUT2D eigenvalue weighted by atomic mass is 10.0. The van der Waals surface area contributed by atoms with Crippen LogP contribution in [-0.4, -0.2) is 19.5 Å². The zero-order chi connectivity index (χ0) is 29.5. The van der Waals surface area contributed by atoms with Gasteiger partial charge in [-0.1, -0.05) is 119 Å². The summed E-state index contributed by atoms with van der Waals surface area (Å²) in [6.45, 7) is 0. The van der Waals surface area contributed by atoms with E-state index in [2.05, 4.69) is 141 Å². The minimum absolute atomic E-state index is 0.690. The number of pyridine rings is 1. The molecule has 0 saturated heterocycles. The van der Waals surface area contributed by atoms with Crippen LogP contribution in [0.5, 0.6) is 0 Å². The molecule has 0 spiro atoms. The Morgan fingerprint density at radius 2 is 1.09 bits per heavy atom. The van der Waals surface area contributed by atoms with Crippen molar-refractivity contribution in [1.82, 2.24) is 19.5 Å². The normalized spacial score (nSPS) is 11.3. The zero-order valence-electron chi connectivity index (χ0n) is 23.6. The standard InChI is InChI=1S/C39H25BrN4/c40-31-21-30(22-32(23-31)44-37-14-8-7-13-33(37)34-25-41-20-19-38(34)44)36-24-35(42-39(43-36)29-11-5-2-6-12-29)28-17-15-27(16-18-28)26-9-3-1-4-10-26/h1-25H. The van der Waals surface area contributed by atoms with Gasteiger partial charge < -0.3 is 4.57 Å². The predicted molar refractivity (Wildman–Crippen MR) is 184 cm³/mol. The number of rotatable bonds is 5. The Labute approximate surface area is 263 Å². The molecular weight excluding hydrogens is 604 g/mol.